The lowest BCUT2D eigenvalue weighted by Gasteiger charge is -2.20. The number of Topliss-reactive ketones (excluding diaryl/α,β-unsaturated/α-hetero) is 1. The first kappa shape index (κ1) is 26.9. The Morgan fingerprint density at radius 1 is 1.10 bits per heavy atom. The van der Waals surface area contributed by atoms with Crippen molar-refractivity contribution in [1.82, 2.24) is 4.98 Å². The minimum absolute atomic E-state index is 0.0505. The molecule has 4 aromatic rings. The van der Waals surface area contributed by atoms with Gasteiger partial charge in [-0.3, -0.25) is 9.59 Å². The monoisotopic (exact) mass is 525 g/mol. The number of carboxylic acid groups (broad SMARTS) is 1. The topological polar surface area (TPSA) is 135 Å². The molecule has 39 heavy (non-hydrogen) atoms. The molecule has 2 aromatic carbocycles. The molecule has 2 heterocycles. The molecular weight excluding hydrogens is 498 g/mol. The fraction of sp³-hybridized carbons (Fsp3) is 0.200. The van der Waals surface area contributed by atoms with Crippen LogP contribution < -0.4 is 14.8 Å². The van der Waals surface area contributed by atoms with E-state index in [-0.39, 0.29) is 12.2 Å². The summed E-state index contributed by atoms with van der Waals surface area (Å²) in [5.41, 5.74) is 4.12. The van der Waals surface area contributed by atoms with Gasteiger partial charge in [0.05, 0.1) is 37.7 Å². The maximum Gasteiger partial charge on any atom is 0.303 e. The summed E-state index contributed by atoms with van der Waals surface area (Å²) in [7, 11) is 3.06. The molecule has 0 radical (unpaired) electrons. The van der Waals surface area contributed by atoms with Gasteiger partial charge >= 0.3 is 5.97 Å². The summed E-state index contributed by atoms with van der Waals surface area (Å²) < 4.78 is 16.1. The van der Waals surface area contributed by atoms with Gasteiger partial charge in [-0.15, -0.1) is 0 Å². The van der Waals surface area contributed by atoms with Crippen LogP contribution >= 0.6 is 0 Å². The van der Waals surface area contributed by atoms with Crippen LogP contribution in [0.2, 0.25) is 0 Å². The van der Waals surface area contributed by atoms with Gasteiger partial charge in [0.1, 0.15) is 18.1 Å². The van der Waals surface area contributed by atoms with Gasteiger partial charge in [-0.25, -0.2) is 4.98 Å². The third-order valence-corrected chi connectivity index (χ3v) is 6.16. The molecule has 4 rings (SSSR count). The quantitative estimate of drug-likeness (QED) is 0.224. The summed E-state index contributed by atoms with van der Waals surface area (Å²) in [6.07, 6.45) is 5.49. The molecule has 2 aromatic heterocycles. The molecule has 1 atom stereocenters. The number of carboxylic acids is 1. The van der Waals surface area contributed by atoms with Gasteiger partial charge in [0.2, 0.25) is 5.88 Å². The molecule has 0 aliphatic heterocycles. The van der Waals surface area contributed by atoms with E-state index in [1.807, 2.05) is 18.2 Å². The first-order valence-electron chi connectivity index (χ1n) is 12.2. The lowest BCUT2D eigenvalue weighted by Crippen LogP contribution is -2.22. The second kappa shape index (κ2) is 12.4. The largest absolute Gasteiger partial charge is 0.497 e. The van der Waals surface area contributed by atoms with E-state index in [1.54, 1.807) is 49.7 Å². The number of aliphatic carboxylic acids is 1. The van der Waals surface area contributed by atoms with Gasteiger partial charge in [-0.05, 0) is 54.3 Å². The van der Waals surface area contributed by atoms with E-state index in [0.717, 1.165) is 5.56 Å². The maximum atomic E-state index is 14.1. The van der Waals surface area contributed by atoms with Crippen molar-refractivity contribution in [3.63, 3.8) is 0 Å². The lowest BCUT2D eigenvalue weighted by atomic mass is 9.94. The highest BCUT2D eigenvalue weighted by molar-refractivity contribution is 6.06. The molecule has 0 amide bonds. The summed E-state index contributed by atoms with van der Waals surface area (Å²) in [5.74, 6) is -0.153. The molecule has 0 spiro atoms. The number of methoxy groups -OCH3 is 2. The van der Waals surface area contributed by atoms with Crippen LogP contribution in [0, 0.1) is 11.3 Å². The Labute approximate surface area is 225 Å². The average Bonchev–Trinajstić information content (AvgIpc) is 3.45. The second-order valence-corrected chi connectivity index (χ2v) is 8.78. The number of rotatable bonds is 12. The zero-order valence-electron chi connectivity index (χ0n) is 21.5. The summed E-state index contributed by atoms with van der Waals surface area (Å²) in [6, 6.07) is 17.1. The smallest absolute Gasteiger partial charge is 0.303 e. The Kier molecular flexibility index (Phi) is 8.59. The number of ether oxygens (including phenoxy) is 2. The molecule has 1 unspecified atom stereocenters. The number of nitriles is 1. The molecule has 0 aliphatic carbocycles. The number of aromatic nitrogens is 1. The standard InChI is InChI=1S/C30H27N3O6/c1-37-24-13-19(5-4-8-28(34)35)12-23(14-24)33-29(22-9-10-27(38-2)32-16-22)30(36)26-18-39-17-25(26)21-7-3-6-20(11-21)15-31/h3,6-7,9-14,16-18,29,33H,4-5,8H2,1-2H3,(H,34,35). The van der Waals surface area contributed by atoms with E-state index < -0.39 is 12.0 Å². The first-order valence-corrected chi connectivity index (χ1v) is 12.2. The van der Waals surface area contributed by atoms with Crippen molar-refractivity contribution in [2.45, 2.75) is 25.3 Å². The first-order chi connectivity index (χ1) is 18.9. The molecule has 0 saturated heterocycles. The van der Waals surface area contributed by atoms with Crippen LogP contribution in [0.15, 0.2) is 77.7 Å². The summed E-state index contributed by atoms with van der Waals surface area (Å²) >= 11 is 0. The summed E-state index contributed by atoms with van der Waals surface area (Å²) in [5, 5.41) is 21.6. The van der Waals surface area contributed by atoms with Crippen LogP contribution in [0.4, 0.5) is 5.69 Å². The number of aryl methyl sites for hydroxylation is 1. The Balaban J connectivity index is 1.72. The van der Waals surface area contributed by atoms with E-state index in [0.29, 0.717) is 58.0 Å². The van der Waals surface area contributed by atoms with Crippen LogP contribution in [-0.4, -0.2) is 36.1 Å². The molecule has 0 fully saturated rings. The van der Waals surface area contributed by atoms with Crippen LogP contribution in [0.1, 0.15) is 45.9 Å². The Morgan fingerprint density at radius 2 is 1.95 bits per heavy atom. The second-order valence-electron chi connectivity index (χ2n) is 8.78. The van der Waals surface area contributed by atoms with Crippen LogP contribution in [0.25, 0.3) is 11.1 Å². The van der Waals surface area contributed by atoms with Gasteiger partial charge in [0, 0.05) is 41.6 Å². The molecule has 0 saturated carbocycles. The fourth-order valence-corrected chi connectivity index (χ4v) is 4.22. The van der Waals surface area contributed by atoms with Crippen LogP contribution in [0.5, 0.6) is 11.6 Å². The van der Waals surface area contributed by atoms with E-state index in [9.17, 15) is 14.9 Å². The number of anilines is 1. The predicted octanol–water partition coefficient (Wildman–Crippen LogP) is 5.67. The van der Waals surface area contributed by atoms with Gasteiger partial charge in [-0.1, -0.05) is 12.1 Å². The predicted molar refractivity (Wildman–Crippen MR) is 144 cm³/mol. The minimum atomic E-state index is -0.863. The van der Waals surface area contributed by atoms with Gasteiger partial charge in [-0.2, -0.15) is 5.26 Å². The number of furan rings is 1. The van der Waals surface area contributed by atoms with E-state index in [2.05, 4.69) is 16.4 Å². The fourth-order valence-electron chi connectivity index (χ4n) is 4.22. The highest BCUT2D eigenvalue weighted by atomic mass is 16.5. The molecule has 2 N–H and O–H groups in total. The third kappa shape index (κ3) is 6.62. The average molecular weight is 526 g/mol. The van der Waals surface area contributed by atoms with Crippen LogP contribution in [-0.2, 0) is 11.2 Å². The molecule has 0 bridgehead atoms. The lowest BCUT2D eigenvalue weighted by molar-refractivity contribution is -0.137. The number of nitrogens with zero attached hydrogens (tertiary/aromatic N) is 2. The summed E-state index contributed by atoms with van der Waals surface area (Å²) in [4.78, 5) is 29.3. The molecular formula is C30H27N3O6. The number of benzene rings is 2. The zero-order valence-corrected chi connectivity index (χ0v) is 21.5. The van der Waals surface area contributed by atoms with Gasteiger partial charge in [0.25, 0.3) is 0 Å². The molecule has 0 aliphatic rings. The SMILES string of the molecule is COc1cc(CCCC(=O)O)cc(NC(C(=O)c2cocc2-c2cccc(C#N)c2)c2ccc(OC)nc2)c1. The summed E-state index contributed by atoms with van der Waals surface area (Å²) in [6.45, 7) is 0. The van der Waals surface area contributed by atoms with E-state index >= 15 is 0 Å². The van der Waals surface area contributed by atoms with Crippen molar-refractivity contribution < 1.29 is 28.6 Å². The normalized spacial score (nSPS) is 11.3. The highest BCUT2D eigenvalue weighted by Gasteiger charge is 2.27. The number of nitrogens with one attached hydrogen (secondary N) is 1. The Morgan fingerprint density at radius 3 is 2.64 bits per heavy atom. The zero-order chi connectivity index (χ0) is 27.8. The number of ketones is 1. The number of carbonyl (C=O) groups is 2. The van der Waals surface area contributed by atoms with Crippen molar-refractivity contribution in [2.75, 3.05) is 19.5 Å². The van der Waals surface area contributed by atoms with Crippen molar-refractivity contribution >= 4 is 17.4 Å². The van der Waals surface area contributed by atoms with Crippen molar-refractivity contribution in [2.24, 2.45) is 0 Å². The third-order valence-electron chi connectivity index (χ3n) is 6.16. The Hall–Kier alpha value is -5.10. The van der Waals surface area contributed by atoms with Gasteiger partial charge < -0.3 is 24.3 Å². The Bertz CT molecular complexity index is 1500. The van der Waals surface area contributed by atoms with Crippen molar-refractivity contribution in [1.29, 1.82) is 5.26 Å². The number of pyridine rings is 1. The van der Waals surface area contributed by atoms with E-state index in [1.165, 1.54) is 19.6 Å². The van der Waals surface area contributed by atoms with Crippen molar-refractivity contribution in [3.05, 3.63) is 95.6 Å². The van der Waals surface area contributed by atoms with Gasteiger partial charge in [0.15, 0.2) is 5.78 Å². The molecule has 198 valence electrons. The van der Waals surface area contributed by atoms with Crippen molar-refractivity contribution in [3.8, 4) is 28.8 Å². The number of hydrogen-bond donors (Lipinski definition) is 2. The van der Waals surface area contributed by atoms with E-state index in [4.69, 9.17) is 19.0 Å². The highest BCUT2D eigenvalue weighted by Crippen LogP contribution is 2.33. The number of carbonyl (C=O) groups excluding carboxylic acids is 1. The minimum Gasteiger partial charge on any atom is -0.497 e. The maximum absolute atomic E-state index is 14.1. The van der Waals surface area contributed by atoms with Crippen LogP contribution in [0.3, 0.4) is 0 Å². The molecule has 9 nitrogen and oxygen atoms in total. The number of hydrogen-bond acceptors (Lipinski definition) is 8. The molecule has 9 heteroatoms.